The van der Waals surface area contributed by atoms with Crippen molar-refractivity contribution in [2.45, 2.75) is 44.6 Å². The highest BCUT2D eigenvalue weighted by Gasteiger charge is 2.23. The van der Waals surface area contributed by atoms with Gasteiger partial charge in [-0.3, -0.25) is 0 Å². The van der Waals surface area contributed by atoms with Crippen LogP contribution in [0.4, 0.5) is 0 Å². The fourth-order valence-electron chi connectivity index (χ4n) is 3.24. The molecule has 128 valence electrons. The fourth-order valence-corrected chi connectivity index (χ4v) is 3.24. The maximum atomic E-state index is 8.87. The van der Waals surface area contributed by atoms with E-state index in [-0.39, 0.29) is 0 Å². The average molecular weight is 333 g/mol. The number of hydrogen-bond donors (Lipinski definition) is 0. The van der Waals surface area contributed by atoms with Crippen LogP contribution in [0.25, 0.3) is 11.4 Å². The standard InChI is InChI=1S/C21H23N3O/c1-2-3-12-25-20-10-8-17(9-11-20)19-14-23-21(24-15-19)18-6-4-16(13-22)5-7-18/h2-7,14-15,17,20H,8-12H2,1H3/t17-,20-. The van der Waals surface area contributed by atoms with Crippen LogP contribution in [0.1, 0.15) is 49.7 Å². The van der Waals surface area contributed by atoms with Gasteiger partial charge in [0.05, 0.1) is 24.3 Å². The van der Waals surface area contributed by atoms with E-state index in [1.807, 2.05) is 37.5 Å². The van der Waals surface area contributed by atoms with Crippen LogP contribution >= 0.6 is 0 Å². The first kappa shape index (κ1) is 17.3. The van der Waals surface area contributed by atoms with Crippen LogP contribution in [0.2, 0.25) is 0 Å². The minimum absolute atomic E-state index is 0.381. The first-order valence-corrected chi connectivity index (χ1v) is 8.85. The van der Waals surface area contributed by atoms with E-state index in [0.29, 0.717) is 30.0 Å². The van der Waals surface area contributed by atoms with Gasteiger partial charge in [0, 0.05) is 18.0 Å². The molecule has 0 spiro atoms. The summed E-state index contributed by atoms with van der Waals surface area (Å²) in [7, 11) is 0. The van der Waals surface area contributed by atoms with Gasteiger partial charge in [-0.25, -0.2) is 9.97 Å². The van der Waals surface area contributed by atoms with Crippen LogP contribution in [0, 0.1) is 11.3 Å². The highest BCUT2D eigenvalue weighted by Crippen LogP contribution is 2.33. The fraction of sp³-hybridized carbons (Fsp3) is 0.381. The molecule has 1 aromatic carbocycles. The van der Waals surface area contributed by atoms with E-state index < -0.39 is 0 Å². The minimum atomic E-state index is 0.381. The molecule has 1 aromatic heterocycles. The number of ether oxygens (including phenoxy) is 1. The molecule has 0 saturated heterocycles. The number of hydrogen-bond acceptors (Lipinski definition) is 4. The van der Waals surface area contributed by atoms with Crippen molar-refractivity contribution >= 4 is 0 Å². The summed E-state index contributed by atoms with van der Waals surface area (Å²) in [5, 5.41) is 8.87. The Kier molecular flexibility index (Phi) is 5.92. The summed E-state index contributed by atoms with van der Waals surface area (Å²) in [4.78, 5) is 9.05. The van der Waals surface area contributed by atoms with E-state index in [2.05, 4.69) is 22.1 Å². The molecule has 0 atom stereocenters. The largest absolute Gasteiger partial charge is 0.374 e. The van der Waals surface area contributed by atoms with Crippen LogP contribution in [0.3, 0.4) is 0 Å². The van der Waals surface area contributed by atoms with Gasteiger partial charge in [-0.05, 0) is 68.4 Å². The zero-order valence-electron chi connectivity index (χ0n) is 14.6. The van der Waals surface area contributed by atoms with Gasteiger partial charge in [0.25, 0.3) is 0 Å². The highest BCUT2D eigenvalue weighted by atomic mass is 16.5. The lowest BCUT2D eigenvalue weighted by atomic mass is 9.84. The van der Waals surface area contributed by atoms with Crippen molar-refractivity contribution in [1.29, 1.82) is 5.26 Å². The molecule has 25 heavy (non-hydrogen) atoms. The van der Waals surface area contributed by atoms with Crippen LogP contribution in [0.15, 0.2) is 48.8 Å². The number of nitrogens with zero attached hydrogens (tertiary/aromatic N) is 3. The summed E-state index contributed by atoms with van der Waals surface area (Å²) in [5.41, 5.74) is 2.80. The molecule has 0 radical (unpaired) electrons. The van der Waals surface area contributed by atoms with Gasteiger partial charge < -0.3 is 4.74 Å². The monoisotopic (exact) mass is 333 g/mol. The molecule has 1 heterocycles. The summed E-state index contributed by atoms with van der Waals surface area (Å²) in [6, 6.07) is 9.49. The van der Waals surface area contributed by atoms with Gasteiger partial charge in [0.2, 0.25) is 0 Å². The van der Waals surface area contributed by atoms with Gasteiger partial charge in [-0.15, -0.1) is 0 Å². The third kappa shape index (κ3) is 4.52. The van der Waals surface area contributed by atoms with Crippen LogP contribution in [0.5, 0.6) is 0 Å². The first-order chi connectivity index (χ1) is 12.3. The number of benzene rings is 1. The molecule has 2 aromatic rings. The predicted molar refractivity (Wildman–Crippen MR) is 97.9 cm³/mol. The summed E-state index contributed by atoms with van der Waals surface area (Å²) in [6.45, 7) is 2.73. The van der Waals surface area contributed by atoms with Crippen molar-refractivity contribution in [1.82, 2.24) is 9.97 Å². The van der Waals surface area contributed by atoms with Crippen molar-refractivity contribution < 1.29 is 4.74 Å². The molecular formula is C21H23N3O. The number of allylic oxidation sites excluding steroid dienone is 1. The molecule has 0 bridgehead atoms. The van der Waals surface area contributed by atoms with Crippen LogP contribution in [-0.2, 0) is 4.74 Å². The summed E-state index contributed by atoms with van der Waals surface area (Å²) in [5.74, 6) is 1.23. The van der Waals surface area contributed by atoms with Gasteiger partial charge in [0.15, 0.2) is 5.82 Å². The molecular weight excluding hydrogens is 310 g/mol. The van der Waals surface area contributed by atoms with Crippen molar-refractivity contribution in [2.24, 2.45) is 0 Å². The molecule has 4 nitrogen and oxygen atoms in total. The lowest BCUT2D eigenvalue weighted by molar-refractivity contribution is 0.0422. The molecule has 0 amide bonds. The zero-order chi connectivity index (χ0) is 17.5. The lowest BCUT2D eigenvalue weighted by Gasteiger charge is -2.28. The maximum absolute atomic E-state index is 8.87. The van der Waals surface area contributed by atoms with Crippen molar-refractivity contribution in [3.63, 3.8) is 0 Å². The Morgan fingerprint density at radius 2 is 1.80 bits per heavy atom. The van der Waals surface area contributed by atoms with E-state index in [1.54, 1.807) is 12.1 Å². The Labute approximate surface area is 149 Å². The molecule has 4 heteroatoms. The third-order valence-corrected chi connectivity index (χ3v) is 4.75. The molecule has 1 fully saturated rings. The normalized spacial score (nSPS) is 20.5. The summed E-state index contributed by atoms with van der Waals surface area (Å²) >= 11 is 0. The number of aromatic nitrogens is 2. The lowest BCUT2D eigenvalue weighted by Crippen LogP contribution is -2.21. The first-order valence-electron chi connectivity index (χ1n) is 8.85. The Bertz CT molecular complexity index is 736. The zero-order valence-corrected chi connectivity index (χ0v) is 14.6. The molecule has 0 unspecified atom stereocenters. The van der Waals surface area contributed by atoms with Crippen LogP contribution < -0.4 is 0 Å². The molecule has 0 aliphatic heterocycles. The summed E-state index contributed by atoms with van der Waals surface area (Å²) < 4.78 is 5.86. The maximum Gasteiger partial charge on any atom is 0.159 e. The number of rotatable bonds is 5. The van der Waals surface area contributed by atoms with Gasteiger partial charge in [0.1, 0.15) is 0 Å². The van der Waals surface area contributed by atoms with E-state index in [4.69, 9.17) is 10.00 Å². The van der Waals surface area contributed by atoms with Gasteiger partial charge in [-0.2, -0.15) is 5.26 Å². The predicted octanol–water partition coefficient (Wildman–Crippen LogP) is 4.63. The Morgan fingerprint density at radius 3 is 2.40 bits per heavy atom. The van der Waals surface area contributed by atoms with Crippen molar-refractivity contribution in [2.75, 3.05) is 6.61 Å². The Hall–Kier alpha value is -2.51. The van der Waals surface area contributed by atoms with Crippen molar-refractivity contribution in [3.8, 4) is 17.5 Å². The molecule has 1 aliphatic carbocycles. The second-order valence-corrected chi connectivity index (χ2v) is 6.41. The quantitative estimate of drug-likeness (QED) is 0.748. The minimum Gasteiger partial charge on any atom is -0.374 e. The van der Waals surface area contributed by atoms with E-state index in [9.17, 15) is 0 Å². The second kappa shape index (κ2) is 8.55. The SMILES string of the molecule is CC=CCO[C@H]1CC[C@H](c2cnc(-c3ccc(C#N)cc3)nc2)CC1. The van der Waals surface area contributed by atoms with Gasteiger partial charge >= 0.3 is 0 Å². The number of nitriles is 1. The van der Waals surface area contributed by atoms with E-state index >= 15 is 0 Å². The van der Waals surface area contributed by atoms with Gasteiger partial charge in [-0.1, -0.05) is 12.2 Å². The van der Waals surface area contributed by atoms with E-state index in [0.717, 1.165) is 31.2 Å². The van der Waals surface area contributed by atoms with Crippen molar-refractivity contribution in [3.05, 3.63) is 59.9 Å². The molecule has 1 aliphatic rings. The Balaban J connectivity index is 1.58. The van der Waals surface area contributed by atoms with Crippen LogP contribution in [-0.4, -0.2) is 22.7 Å². The topological polar surface area (TPSA) is 58.8 Å². The average Bonchev–Trinajstić information content (AvgIpc) is 2.69. The smallest absolute Gasteiger partial charge is 0.159 e. The third-order valence-electron chi connectivity index (χ3n) is 4.75. The molecule has 3 rings (SSSR count). The highest BCUT2D eigenvalue weighted by molar-refractivity contribution is 5.56. The van der Waals surface area contributed by atoms with E-state index in [1.165, 1.54) is 5.56 Å². The second-order valence-electron chi connectivity index (χ2n) is 6.41. The molecule has 1 saturated carbocycles. The summed E-state index contributed by atoms with van der Waals surface area (Å²) in [6.07, 6.45) is 12.8. The Morgan fingerprint density at radius 1 is 1.12 bits per heavy atom. The molecule has 0 N–H and O–H groups in total.